The van der Waals surface area contributed by atoms with Gasteiger partial charge < -0.3 is 10.1 Å². The van der Waals surface area contributed by atoms with E-state index in [1.807, 2.05) is 7.11 Å². The number of rotatable bonds is 6. The topological polar surface area (TPSA) is 21.3 Å². The lowest BCUT2D eigenvalue weighted by molar-refractivity contribution is -0.0748. The standard InChI is InChI=1S/C18H29NO/c1-15-11-13-18(20-3,14-12-15)17(19-2)10-9-16-7-5-4-6-8-16/h4-8,15,17,19H,9-14H2,1-3H3. The number of ether oxygens (including phenoxy) is 1. The Bertz CT molecular complexity index is 382. The summed E-state index contributed by atoms with van der Waals surface area (Å²) in [5, 5.41) is 3.52. The fourth-order valence-corrected chi connectivity index (χ4v) is 3.57. The van der Waals surface area contributed by atoms with Crippen LogP contribution in [0, 0.1) is 5.92 Å². The highest BCUT2D eigenvalue weighted by Crippen LogP contribution is 2.38. The summed E-state index contributed by atoms with van der Waals surface area (Å²) < 4.78 is 6.01. The first kappa shape index (κ1) is 15.5. The molecule has 0 aromatic heterocycles. The maximum absolute atomic E-state index is 6.01. The number of likely N-dealkylation sites (N-methyl/N-ethyl adjacent to an activating group) is 1. The van der Waals surface area contributed by atoms with E-state index >= 15 is 0 Å². The highest BCUT2D eigenvalue weighted by atomic mass is 16.5. The van der Waals surface area contributed by atoms with Crippen LogP contribution in [0.1, 0.15) is 44.6 Å². The van der Waals surface area contributed by atoms with Gasteiger partial charge in [-0.2, -0.15) is 0 Å². The number of hydrogen-bond acceptors (Lipinski definition) is 2. The number of benzene rings is 1. The average molecular weight is 275 g/mol. The molecule has 2 rings (SSSR count). The first-order chi connectivity index (χ1) is 9.70. The Morgan fingerprint density at radius 1 is 1.25 bits per heavy atom. The number of methoxy groups -OCH3 is 1. The van der Waals surface area contributed by atoms with Crippen molar-refractivity contribution in [2.75, 3.05) is 14.2 Å². The fourth-order valence-electron chi connectivity index (χ4n) is 3.57. The summed E-state index contributed by atoms with van der Waals surface area (Å²) in [7, 11) is 3.97. The minimum atomic E-state index is 0.0377. The summed E-state index contributed by atoms with van der Waals surface area (Å²) in [5.41, 5.74) is 1.46. The summed E-state index contributed by atoms with van der Waals surface area (Å²) in [4.78, 5) is 0. The van der Waals surface area contributed by atoms with Gasteiger partial charge in [0.15, 0.2) is 0 Å². The summed E-state index contributed by atoms with van der Waals surface area (Å²) in [5.74, 6) is 0.852. The molecule has 20 heavy (non-hydrogen) atoms. The first-order valence-corrected chi connectivity index (χ1v) is 7.96. The molecule has 1 fully saturated rings. The van der Waals surface area contributed by atoms with Crippen LogP contribution in [0.5, 0.6) is 0 Å². The van der Waals surface area contributed by atoms with Gasteiger partial charge in [0.1, 0.15) is 0 Å². The predicted molar refractivity (Wildman–Crippen MR) is 85.0 cm³/mol. The second-order valence-corrected chi connectivity index (χ2v) is 6.32. The van der Waals surface area contributed by atoms with Crippen LogP contribution >= 0.6 is 0 Å². The van der Waals surface area contributed by atoms with Gasteiger partial charge in [-0.15, -0.1) is 0 Å². The van der Waals surface area contributed by atoms with Gasteiger partial charge in [0.25, 0.3) is 0 Å². The molecular weight excluding hydrogens is 246 g/mol. The van der Waals surface area contributed by atoms with Gasteiger partial charge >= 0.3 is 0 Å². The molecule has 1 unspecified atom stereocenters. The van der Waals surface area contributed by atoms with Crippen molar-refractivity contribution >= 4 is 0 Å². The summed E-state index contributed by atoms with van der Waals surface area (Å²) in [6, 6.07) is 11.2. The molecule has 2 nitrogen and oxygen atoms in total. The zero-order valence-electron chi connectivity index (χ0n) is 13.2. The van der Waals surface area contributed by atoms with Crippen molar-refractivity contribution in [3.05, 3.63) is 35.9 Å². The summed E-state index contributed by atoms with van der Waals surface area (Å²) >= 11 is 0. The highest BCUT2D eigenvalue weighted by molar-refractivity contribution is 5.15. The third kappa shape index (κ3) is 3.62. The predicted octanol–water partition coefficient (Wildman–Crippen LogP) is 3.80. The molecule has 0 aliphatic heterocycles. The molecule has 1 atom stereocenters. The van der Waals surface area contributed by atoms with Gasteiger partial charge in [0.2, 0.25) is 0 Å². The largest absolute Gasteiger partial charge is 0.377 e. The number of nitrogens with one attached hydrogen (secondary N) is 1. The van der Waals surface area contributed by atoms with Gasteiger partial charge in [-0.05, 0) is 57.1 Å². The van der Waals surface area contributed by atoms with E-state index < -0.39 is 0 Å². The van der Waals surface area contributed by atoms with Crippen LogP contribution in [-0.2, 0) is 11.2 Å². The van der Waals surface area contributed by atoms with Crippen LogP contribution in [0.15, 0.2) is 30.3 Å². The van der Waals surface area contributed by atoms with Crippen LogP contribution in [0.4, 0.5) is 0 Å². The molecule has 0 saturated heterocycles. The maximum atomic E-state index is 6.01. The zero-order chi connectivity index (χ0) is 14.4. The second kappa shape index (κ2) is 7.24. The van der Waals surface area contributed by atoms with Crippen LogP contribution in [-0.4, -0.2) is 25.8 Å². The van der Waals surface area contributed by atoms with Crippen LogP contribution in [0.25, 0.3) is 0 Å². The van der Waals surface area contributed by atoms with Gasteiger partial charge in [0.05, 0.1) is 5.60 Å². The van der Waals surface area contributed by atoms with Gasteiger partial charge in [-0.3, -0.25) is 0 Å². The van der Waals surface area contributed by atoms with Crippen LogP contribution < -0.4 is 5.32 Å². The Balaban J connectivity index is 1.98. The van der Waals surface area contributed by atoms with Crippen molar-refractivity contribution in [1.29, 1.82) is 0 Å². The fraction of sp³-hybridized carbons (Fsp3) is 0.667. The molecule has 0 heterocycles. The quantitative estimate of drug-likeness (QED) is 0.852. The van der Waals surface area contributed by atoms with Crippen molar-refractivity contribution < 1.29 is 4.74 Å². The minimum Gasteiger partial charge on any atom is -0.377 e. The number of aryl methyl sites for hydroxylation is 1. The average Bonchev–Trinajstić information content (AvgIpc) is 2.51. The van der Waals surface area contributed by atoms with Gasteiger partial charge in [-0.25, -0.2) is 0 Å². The van der Waals surface area contributed by atoms with E-state index in [9.17, 15) is 0 Å². The lowest BCUT2D eigenvalue weighted by atomic mass is 9.74. The molecule has 0 amide bonds. The zero-order valence-corrected chi connectivity index (χ0v) is 13.2. The minimum absolute atomic E-state index is 0.0377. The molecule has 1 saturated carbocycles. The molecule has 0 radical (unpaired) electrons. The third-order valence-corrected chi connectivity index (χ3v) is 5.08. The molecule has 1 aliphatic carbocycles. The van der Waals surface area contributed by atoms with E-state index in [0.29, 0.717) is 6.04 Å². The van der Waals surface area contributed by atoms with E-state index in [0.717, 1.165) is 18.8 Å². The molecule has 0 bridgehead atoms. The van der Waals surface area contributed by atoms with Crippen molar-refractivity contribution in [1.82, 2.24) is 5.32 Å². The van der Waals surface area contributed by atoms with E-state index in [2.05, 4.69) is 49.6 Å². The molecule has 2 heteroatoms. The Kier molecular flexibility index (Phi) is 5.62. The number of hydrogen-bond donors (Lipinski definition) is 1. The summed E-state index contributed by atoms with van der Waals surface area (Å²) in [6.45, 7) is 2.36. The first-order valence-electron chi connectivity index (χ1n) is 7.96. The van der Waals surface area contributed by atoms with E-state index in [1.165, 1.54) is 31.2 Å². The van der Waals surface area contributed by atoms with E-state index in [4.69, 9.17) is 4.74 Å². The van der Waals surface area contributed by atoms with E-state index in [-0.39, 0.29) is 5.60 Å². The molecular formula is C18H29NO. The highest BCUT2D eigenvalue weighted by Gasteiger charge is 2.40. The second-order valence-electron chi connectivity index (χ2n) is 6.32. The molecule has 1 aliphatic rings. The Morgan fingerprint density at radius 3 is 2.45 bits per heavy atom. The Labute approximate surface area is 123 Å². The van der Waals surface area contributed by atoms with Gasteiger partial charge in [-0.1, -0.05) is 37.3 Å². The summed E-state index contributed by atoms with van der Waals surface area (Å²) in [6.07, 6.45) is 7.21. The van der Waals surface area contributed by atoms with Crippen molar-refractivity contribution in [2.24, 2.45) is 5.92 Å². The normalized spacial score (nSPS) is 28.2. The van der Waals surface area contributed by atoms with Crippen molar-refractivity contribution in [2.45, 2.75) is 57.1 Å². The SMILES string of the molecule is CNC(CCc1ccccc1)C1(OC)CCC(C)CC1. The third-order valence-electron chi connectivity index (χ3n) is 5.08. The van der Waals surface area contributed by atoms with Gasteiger partial charge in [0, 0.05) is 13.2 Å². The van der Waals surface area contributed by atoms with E-state index in [1.54, 1.807) is 0 Å². The van der Waals surface area contributed by atoms with Crippen LogP contribution in [0.3, 0.4) is 0 Å². The van der Waals surface area contributed by atoms with Crippen molar-refractivity contribution in [3.63, 3.8) is 0 Å². The Hall–Kier alpha value is -0.860. The Morgan fingerprint density at radius 2 is 1.90 bits per heavy atom. The van der Waals surface area contributed by atoms with Crippen LogP contribution in [0.2, 0.25) is 0 Å². The van der Waals surface area contributed by atoms with Crippen molar-refractivity contribution in [3.8, 4) is 0 Å². The molecule has 112 valence electrons. The maximum Gasteiger partial charge on any atom is 0.0831 e. The lowest BCUT2D eigenvalue weighted by Gasteiger charge is -2.44. The molecule has 0 spiro atoms. The molecule has 1 aromatic carbocycles. The molecule has 1 N–H and O–H groups in total. The lowest BCUT2D eigenvalue weighted by Crippen LogP contribution is -2.53. The smallest absolute Gasteiger partial charge is 0.0831 e. The molecule has 1 aromatic rings. The monoisotopic (exact) mass is 275 g/mol.